The van der Waals surface area contributed by atoms with Crippen molar-refractivity contribution in [3.05, 3.63) is 273 Å². The van der Waals surface area contributed by atoms with Crippen molar-refractivity contribution < 1.29 is 0 Å². The van der Waals surface area contributed by atoms with Crippen LogP contribution in [-0.4, -0.2) is 23.7 Å². The molecule has 0 atom stereocenters. The molecule has 0 aliphatic carbocycles. The van der Waals surface area contributed by atoms with Gasteiger partial charge in [-0.25, -0.2) is 9.97 Å². The van der Waals surface area contributed by atoms with Crippen molar-refractivity contribution >= 4 is 87.0 Å². The molecular formula is C72H45N5. The first-order valence-corrected chi connectivity index (χ1v) is 26.3. The number of benzene rings is 12. The van der Waals surface area contributed by atoms with E-state index in [1.807, 2.05) is 0 Å². The normalized spacial score (nSPS) is 11.9. The third-order valence-corrected chi connectivity index (χ3v) is 15.8. The Hall–Kier alpha value is -10.4. The van der Waals surface area contributed by atoms with Gasteiger partial charge in [-0.1, -0.05) is 194 Å². The van der Waals surface area contributed by atoms with E-state index in [0.29, 0.717) is 5.95 Å². The van der Waals surface area contributed by atoms with Crippen LogP contribution in [0.5, 0.6) is 0 Å². The Morgan fingerprint density at radius 3 is 1.21 bits per heavy atom. The van der Waals surface area contributed by atoms with Crippen molar-refractivity contribution in [1.82, 2.24) is 23.7 Å². The molecule has 0 saturated heterocycles. The van der Waals surface area contributed by atoms with Gasteiger partial charge in [0.1, 0.15) is 0 Å². The smallest absolute Gasteiger partial charge is 0.235 e. The van der Waals surface area contributed by atoms with Crippen LogP contribution in [0.25, 0.3) is 149 Å². The van der Waals surface area contributed by atoms with Crippen LogP contribution >= 0.6 is 0 Å². The fraction of sp³-hybridized carbons (Fsp3) is 0. The molecule has 4 aromatic heterocycles. The highest BCUT2D eigenvalue weighted by Gasteiger charge is 2.23. The topological polar surface area (TPSA) is 40.6 Å². The third kappa shape index (κ3) is 6.88. The van der Waals surface area contributed by atoms with Crippen LogP contribution in [-0.2, 0) is 0 Å². The quantitative estimate of drug-likeness (QED) is 0.160. The molecule has 0 N–H and O–H groups in total. The number of para-hydroxylation sites is 3. The second-order valence-corrected chi connectivity index (χ2v) is 20.2. The van der Waals surface area contributed by atoms with Crippen molar-refractivity contribution in [3.8, 4) is 62.1 Å². The van der Waals surface area contributed by atoms with Crippen molar-refractivity contribution in [2.24, 2.45) is 0 Å². The van der Waals surface area contributed by atoms with Gasteiger partial charge in [-0.05, 0) is 123 Å². The molecule has 0 radical (unpaired) electrons. The molecule has 5 heteroatoms. The number of rotatable bonds is 7. The molecule has 4 heterocycles. The average molecular weight is 980 g/mol. The molecule has 77 heavy (non-hydrogen) atoms. The molecule has 0 unspecified atom stereocenters. The Bertz CT molecular complexity index is 4890. The van der Waals surface area contributed by atoms with Gasteiger partial charge in [-0.2, -0.15) is 0 Å². The number of fused-ring (bicyclic) bond motifs is 12. The van der Waals surface area contributed by atoms with Crippen molar-refractivity contribution in [2.75, 3.05) is 0 Å². The van der Waals surface area contributed by atoms with E-state index in [0.717, 1.165) is 77.8 Å². The van der Waals surface area contributed by atoms with Crippen molar-refractivity contribution in [2.45, 2.75) is 0 Å². The molecule has 16 aromatic rings. The van der Waals surface area contributed by atoms with E-state index in [1.54, 1.807) is 0 Å². The Morgan fingerprint density at radius 1 is 0.221 bits per heavy atom. The molecule has 358 valence electrons. The van der Waals surface area contributed by atoms with Gasteiger partial charge in [0.15, 0.2) is 0 Å². The summed E-state index contributed by atoms with van der Waals surface area (Å²) in [5.74, 6) is 0.616. The maximum Gasteiger partial charge on any atom is 0.235 e. The highest BCUT2D eigenvalue weighted by atomic mass is 15.2. The predicted molar refractivity (Wildman–Crippen MR) is 322 cm³/mol. The number of hydrogen-bond donors (Lipinski definition) is 0. The van der Waals surface area contributed by atoms with Gasteiger partial charge in [0.05, 0.1) is 44.5 Å². The first kappa shape index (κ1) is 43.1. The summed E-state index contributed by atoms with van der Waals surface area (Å²) in [6.45, 7) is 0. The Balaban J connectivity index is 0.932. The molecule has 16 rings (SSSR count). The van der Waals surface area contributed by atoms with E-state index in [9.17, 15) is 0 Å². The second-order valence-electron chi connectivity index (χ2n) is 20.2. The standard InChI is InChI=1S/C72H45N5/c1-3-17-46(18-4-1)54-41-55(47-19-5-2-6-20-47)43-57(42-54)76-66-30-16-13-27-61(66)71-68(76)38-37-67-70(71)60-26-12-15-29-65(60)75(67)56-35-36-59-58-25-11-14-28-64(58)77(69(59)44-56)72-73-62(52-33-31-48-21-7-9-23-50(48)39-52)45-63(74-72)53-34-32-49-22-8-10-24-51(49)40-53/h1-45H. The third-order valence-electron chi connectivity index (χ3n) is 15.8. The predicted octanol–water partition coefficient (Wildman–Crippen LogP) is 18.7. The highest BCUT2D eigenvalue weighted by molar-refractivity contribution is 6.29. The van der Waals surface area contributed by atoms with Gasteiger partial charge in [-0.15, -0.1) is 0 Å². The number of aromatic nitrogens is 5. The number of hydrogen-bond acceptors (Lipinski definition) is 2. The van der Waals surface area contributed by atoms with E-state index in [1.165, 1.54) is 65.3 Å². The van der Waals surface area contributed by atoms with Crippen LogP contribution in [0.1, 0.15) is 0 Å². The summed E-state index contributed by atoms with van der Waals surface area (Å²) >= 11 is 0. The van der Waals surface area contributed by atoms with Gasteiger partial charge in [0.2, 0.25) is 5.95 Å². The summed E-state index contributed by atoms with van der Waals surface area (Å²) in [4.78, 5) is 11.0. The van der Waals surface area contributed by atoms with Crippen LogP contribution in [0.15, 0.2) is 273 Å². The minimum absolute atomic E-state index is 0.616. The molecule has 0 bridgehead atoms. The summed E-state index contributed by atoms with van der Waals surface area (Å²) < 4.78 is 7.20. The Morgan fingerprint density at radius 2 is 0.662 bits per heavy atom. The van der Waals surface area contributed by atoms with Crippen LogP contribution in [0.4, 0.5) is 0 Å². The molecule has 0 fully saturated rings. The van der Waals surface area contributed by atoms with Gasteiger partial charge < -0.3 is 9.13 Å². The molecule has 0 saturated carbocycles. The molecule has 0 aliphatic rings. The van der Waals surface area contributed by atoms with E-state index in [4.69, 9.17) is 9.97 Å². The van der Waals surface area contributed by atoms with E-state index < -0.39 is 0 Å². The van der Waals surface area contributed by atoms with E-state index >= 15 is 0 Å². The lowest BCUT2D eigenvalue weighted by molar-refractivity contribution is 0.995. The zero-order valence-electron chi connectivity index (χ0n) is 41.7. The first-order chi connectivity index (χ1) is 38.2. The first-order valence-electron chi connectivity index (χ1n) is 26.3. The maximum atomic E-state index is 5.51. The lowest BCUT2D eigenvalue weighted by Gasteiger charge is -2.14. The van der Waals surface area contributed by atoms with E-state index in [2.05, 4.69) is 287 Å². The zero-order valence-corrected chi connectivity index (χ0v) is 41.7. The summed E-state index contributed by atoms with van der Waals surface area (Å²) in [6, 6.07) is 98.9. The minimum atomic E-state index is 0.616. The largest absolute Gasteiger partial charge is 0.309 e. The Labute approximate surface area is 443 Å². The maximum absolute atomic E-state index is 5.51. The fourth-order valence-corrected chi connectivity index (χ4v) is 12.3. The zero-order chi connectivity index (χ0) is 50.6. The van der Waals surface area contributed by atoms with Crippen LogP contribution in [0, 0.1) is 0 Å². The summed E-state index contributed by atoms with van der Waals surface area (Å²) in [7, 11) is 0. The molecule has 0 spiro atoms. The lowest BCUT2D eigenvalue weighted by Crippen LogP contribution is -2.04. The molecule has 5 nitrogen and oxygen atoms in total. The summed E-state index contributed by atoms with van der Waals surface area (Å²) in [6.07, 6.45) is 0. The van der Waals surface area contributed by atoms with Crippen molar-refractivity contribution in [3.63, 3.8) is 0 Å². The number of nitrogens with zero attached hydrogens (tertiary/aromatic N) is 5. The lowest BCUT2D eigenvalue weighted by atomic mass is 9.98. The van der Waals surface area contributed by atoms with Gasteiger partial charge in [0, 0.05) is 54.8 Å². The fourth-order valence-electron chi connectivity index (χ4n) is 12.3. The van der Waals surface area contributed by atoms with E-state index in [-0.39, 0.29) is 0 Å². The highest BCUT2D eigenvalue weighted by Crippen LogP contribution is 2.44. The molecule has 0 amide bonds. The second kappa shape index (κ2) is 17.1. The van der Waals surface area contributed by atoms with Gasteiger partial charge in [-0.3, -0.25) is 4.57 Å². The van der Waals surface area contributed by atoms with Crippen LogP contribution in [0.2, 0.25) is 0 Å². The van der Waals surface area contributed by atoms with Gasteiger partial charge in [0.25, 0.3) is 0 Å². The summed E-state index contributed by atoms with van der Waals surface area (Å²) in [5, 5.41) is 11.9. The average Bonchev–Trinajstić information content (AvgIpc) is 4.18. The molecular weight excluding hydrogens is 935 g/mol. The SMILES string of the molecule is c1ccc(-c2cc(-c3ccccc3)cc(-n3c4ccccc4c4c5c6ccccc6n(-c6ccc7c8ccccc8n(-c8nc(-c9ccc%10ccccc%10c9)cc(-c9ccc%10ccccc%10c9)n8)c7c6)c5ccc43)c2)cc1. The van der Waals surface area contributed by atoms with Crippen molar-refractivity contribution in [1.29, 1.82) is 0 Å². The van der Waals surface area contributed by atoms with Crippen LogP contribution in [0.3, 0.4) is 0 Å². The van der Waals surface area contributed by atoms with Crippen LogP contribution < -0.4 is 0 Å². The molecule has 12 aromatic carbocycles. The minimum Gasteiger partial charge on any atom is -0.309 e. The summed E-state index contributed by atoms with van der Waals surface area (Å²) in [5.41, 5.74) is 17.4. The van der Waals surface area contributed by atoms with Gasteiger partial charge >= 0.3 is 0 Å². The molecule has 0 aliphatic heterocycles. The Kier molecular flexibility index (Phi) is 9.57. The monoisotopic (exact) mass is 979 g/mol.